The zero-order chi connectivity index (χ0) is 6.41. The zero-order valence-electron chi connectivity index (χ0n) is 5.27. The maximum Gasteiger partial charge on any atom is 0.00394 e. The van der Waals surface area contributed by atoms with Crippen LogP contribution in [-0.4, -0.2) is 12.6 Å². The molecule has 0 saturated carbocycles. The molecule has 0 aliphatic heterocycles. The smallest absolute Gasteiger partial charge is 0.00394 e. The van der Waals surface area contributed by atoms with Crippen molar-refractivity contribution in [3.63, 3.8) is 0 Å². The van der Waals surface area contributed by atoms with Gasteiger partial charge in [0.25, 0.3) is 0 Å². The lowest BCUT2D eigenvalue weighted by Crippen LogP contribution is -2.15. The van der Waals surface area contributed by atoms with Crippen LogP contribution in [0.3, 0.4) is 0 Å². The highest BCUT2D eigenvalue weighted by Gasteiger charge is 1.90. The van der Waals surface area contributed by atoms with E-state index in [0.717, 1.165) is 25.8 Å². The van der Waals surface area contributed by atoms with Gasteiger partial charge in [-0.3, -0.25) is 0 Å². The summed E-state index contributed by atoms with van der Waals surface area (Å²) in [6, 6.07) is 0.0987. The molecule has 0 spiro atoms. The molecule has 49 valence electrons. The van der Waals surface area contributed by atoms with Gasteiger partial charge in [0, 0.05) is 6.04 Å². The van der Waals surface area contributed by atoms with E-state index < -0.39 is 0 Å². The Morgan fingerprint density at radius 2 is 2.00 bits per heavy atom. The molecule has 0 bridgehead atoms. The second kappa shape index (κ2) is 5.06. The van der Waals surface area contributed by atoms with Gasteiger partial charge in [0.2, 0.25) is 0 Å². The van der Waals surface area contributed by atoms with E-state index in [1.807, 2.05) is 0 Å². The van der Waals surface area contributed by atoms with Crippen molar-refractivity contribution in [2.24, 2.45) is 11.5 Å². The zero-order valence-corrected chi connectivity index (χ0v) is 5.27. The van der Waals surface area contributed by atoms with Crippen LogP contribution < -0.4 is 11.5 Å². The largest absolute Gasteiger partial charge is 0.330 e. The summed E-state index contributed by atoms with van der Waals surface area (Å²) in [4.78, 5) is 0. The SMILES string of the molecule is [CH2][C@H](N)CCCCN. The maximum atomic E-state index is 5.38. The highest BCUT2D eigenvalue weighted by Crippen LogP contribution is 1.94. The van der Waals surface area contributed by atoms with Crippen molar-refractivity contribution >= 4 is 0 Å². The minimum atomic E-state index is 0.0987. The number of hydrogen-bond donors (Lipinski definition) is 2. The molecule has 0 saturated heterocycles. The average Bonchev–Trinajstić information content (AvgIpc) is 1.66. The molecule has 0 aromatic rings. The Bertz CT molecular complexity index is 43.8. The Labute approximate surface area is 51.2 Å². The Hall–Kier alpha value is -0.0800. The van der Waals surface area contributed by atoms with E-state index >= 15 is 0 Å². The molecule has 0 amide bonds. The van der Waals surface area contributed by atoms with Crippen molar-refractivity contribution in [2.45, 2.75) is 25.3 Å². The maximum absolute atomic E-state index is 5.38. The first-order chi connectivity index (χ1) is 3.77. The highest BCUT2D eigenvalue weighted by atomic mass is 14.6. The molecule has 0 aromatic carbocycles. The predicted molar refractivity (Wildman–Crippen MR) is 36.2 cm³/mol. The molecule has 2 nitrogen and oxygen atoms in total. The molecule has 0 rings (SSSR count). The van der Waals surface area contributed by atoms with Gasteiger partial charge >= 0.3 is 0 Å². The third-order valence-corrected chi connectivity index (χ3v) is 1.03. The molecule has 1 radical (unpaired) electrons. The molecule has 0 heterocycles. The fourth-order valence-electron chi connectivity index (χ4n) is 0.551. The summed E-state index contributed by atoms with van der Waals surface area (Å²) in [5.74, 6) is 0. The van der Waals surface area contributed by atoms with Gasteiger partial charge in [0.05, 0.1) is 0 Å². The third kappa shape index (κ3) is 5.92. The minimum absolute atomic E-state index is 0.0987. The molecule has 1 atom stereocenters. The minimum Gasteiger partial charge on any atom is -0.330 e. The van der Waals surface area contributed by atoms with Crippen LogP contribution in [0.5, 0.6) is 0 Å². The van der Waals surface area contributed by atoms with Crippen molar-refractivity contribution in [1.82, 2.24) is 0 Å². The van der Waals surface area contributed by atoms with E-state index in [-0.39, 0.29) is 6.04 Å². The summed E-state index contributed by atoms with van der Waals surface area (Å²) in [5, 5.41) is 0. The first-order valence-corrected chi connectivity index (χ1v) is 3.06. The molecular formula is C6H15N2. The summed E-state index contributed by atoms with van der Waals surface area (Å²) in [6.07, 6.45) is 3.18. The molecule has 0 unspecified atom stereocenters. The molecule has 0 fully saturated rings. The molecule has 0 aliphatic rings. The van der Waals surface area contributed by atoms with Crippen molar-refractivity contribution < 1.29 is 0 Å². The Kier molecular flexibility index (Phi) is 5.01. The van der Waals surface area contributed by atoms with E-state index in [2.05, 4.69) is 6.92 Å². The lowest BCUT2D eigenvalue weighted by molar-refractivity contribution is 0.634. The number of rotatable bonds is 4. The standard InChI is InChI=1S/C6H15N2/c1-6(8)4-2-3-5-7/h6H,1-5,7-8H2/t6-/m0/s1. The van der Waals surface area contributed by atoms with E-state index in [1.54, 1.807) is 0 Å². The number of nitrogens with two attached hydrogens (primary N) is 2. The molecule has 0 aliphatic carbocycles. The molecule has 0 aromatic heterocycles. The van der Waals surface area contributed by atoms with E-state index in [0.29, 0.717) is 0 Å². The van der Waals surface area contributed by atoms with E-state index in [4.69, 9.17) is 11.5 Å². The lowest BCUT2D eigenvalue weighted by Gasteiger charge is -2.00. The van der Waals surface area contributed by atoms with Crippen LogP contribution in [0.15, 0.2) is 0 Å². The molecule has 8 heavy (non-hydrogen) atoms. The van der Waals surface area contributed by atoms with Crippen LogP contribution in [-0.2, 0) is 0 Å². The van der Waals surface area contributed by atoms with E-state index in [1.165, 1.54) is 0 Å². The predicted octanol–water partition coefficient (Wildman–Crippen LogP) is 0.277. The van der Waals surface area contributed by atoms with Gasteiger partial charge in [-0.2, -0.15) is 0 Å². The summed E-state index contributed by atoms with van der Waals surface area (Å²) in [7, 11) is 0. The summed E-state index contributed by atoms with van der Waals surface area (Å²) >= 11 is 0. The van der Waals surface area contributed by atoms with Gasteiger partial charge in [-0.15, -0.1) is 0 Å². The normalized spacial score (nSPS) is 13.9. The molecular weight excluding hydrogens is 100 g/mol. The first kappa shape index (κ1) is 7.92. The molecule has 4 N–H and O–H groups in total. The van der Waals surface area contributed by atoms with Crippen molar-refractivity contribution in [1.29, 1.82) is 0 Å². The van der Waals surface area contributed by atoms with Crippen molar-refractivity contribution in [3.05, 3.63) is 6.92 Å². The van der Waals surface area contributed by atoms with Crippen molar-refractivity contribution in [2.75, 3.05) is 6.54 Å². The Morgan fingerprint density at radius 1 is 1.38 bits per heavy atom. The van der Waals surface area contributed by atoms with Crippen LogP contribution in [0, 0.1) is 6.92 Å². The van der Waals surface area contributed by atoms with E-state index in [9.17, 15) is 0 Å². The summed E-state index contributed by atoms with van der Waals surface area (Å²) in [6.45, 7) is 4.42. The van der Waals surface area contributed by atoms with Crippen LogP contribution >= 0.6 is 0 Å². The first-order valence-electron chi connectivity index (χ1n) is 3.06. The Morgan fingerprint density at radius 3 is 2.38 bits per heavy atom. The highest BCUT2D eigenvalue weighted by molar-refractivity contribution is 4.61. The van der Waals surface area contributed by atoms with Gasteiger partial charge in [-0.05, 0) is 26.3 Å². The second-order valence-electron chi connectivity index (χ2n) is 2.04. The van der Waals surface area contributed by atoms with Gasteiger partial charge in [0.1, 0.15) is 0 Å². The van der Waals surface area contributed by atoms with Gasteiger partial charge in [-0.1, -0.05) is 6.42 Å². The third-order valence-electron chi connectivity index (χ3n) is 1.03. The van der Waals surface area contributed by atoms with Gasteiger partial charge < -0.3 is 11.5 Å². The van der Waals surface area contributed by atoms with Gasteiger partial charge in [-0.25, -0.2) is 0 Å². The second-order valence-corrected chi connectivity index (χ2v) is 2.04. The van der Waals surface area contributed by atoms with Crippen LogP contribution in [0.2, 0.25) is 0 Å². The topological polar surface area (TPSA) is 52.0 Å². The number of unbranched alkanes of at least 4 members (excludes halogenated alkanes) is 1. The molecule has 2 heteroatoms. The quantitative estimate of drug-likeness (QED) is 0.517. The van der Waals surface area contributed by atoms with Crippen molar-refractivity contribution in [3.8, 4) is 0 Å². The summed E-state index contributed by atoms with van der Waals surface area (Å²) in [5.41, 5.74) is 10.6. The van der Waals surface area contributed by atoms with Crippen LogP contribution in [0.25, 0.3) is 0 Å². The lowest BCUT2D eigenvalue weighted by atomic mass is 10.1. The van der Waals surface area contributed by atoms with Crippen LogP contribution in [0.4, 0.5) is 0 Å². The fraction of sp³-hybridized carbons (Fsp3) is 0.833. The monoisotopic (exact) mass is 115 g/mol. The average molecular weight is 115 g/mol. The Balaban J connectivity index is 2.72. The fourth-order valence-corrected chi connectivity index (χ4v) is 0.551. The number of hydrogen-bond acceptors (Lipinski definition) is 2. The van der Waals surface area contributed by atoms with Gasteiger partial charge in [0.15, 0.2) is 0 Å². The van der Waals surface area contributed by atoms with Crippen LogP contribution in [0.1, 0.15) is 19.3 Å². The summed E-state index contributed by atoms with van der Waals surface area (Å²) < 4.78 is 0.